The van der Waals surface area contributed by atoms with Crippen molar-refractivity contribution in [3.05, 3.63) is 29.8 Å². The Balaban J connectivity index is 1.39. The fraction of sp³-hybridized carbons (Fsp3) is 0.500. The highest BCUT2D eigenvalue weighted by Gasteiger charge is 2.33. The van der Waals surface area contributed by atoms with Crippen LogP contribution in [0.3, 0.4) is 0 Å². The Morgan fingerprint density at radius 2 is 1.81 bits per heavy atom. The van der Waals surface area contributed by atoms with Gasteiger partial charge in [0, 0.05) is 11.5 Å². The molecule has 1 atom stereocenters. The molecule has 2 fully saturated rings. The number of nitrogens with one attached hydrogen (secondary N) is 2. The third-order valence-electron chi connectivity index (χ3n) is 4.07. The van der Waals surface area contributed by atoms with Gasteiger partial charge in [-0.1, -0.05) is 12.1 Å². The molecular weight excluding hydrogens is 396 g/mol. The maximum atomic E-state index is 11.8. The summed E-state index contributed by atoms with van der Waals surface area (Å²) < 4.78 is 28.6. The van der Waals surface area contributed by atoms with Gasteiger partial charge < -0.3 is 4.74 Å². The molecule has 2 aliphatic heterocycles. The molecule has 0 aromatic heterocycles. The van der Waals surface area contributed by atoms with Crippen LogP contribution in [0.25, 0.3) is 0 Å². The Morgan fingerprint density at radius 3 is 2.42 bits per heavy atom. The second kappa shape index (κ2) is 8.53. The van der Waals surface area contributed by atoms with Crippen LogP contribution in [0.5, 0.6) is 5.75 Å². The van der Waals surface area contributed by atoms with E-state index in [4.69, 9.17) is 4.74 Å². The van der Waals surface area contributed by atoms with Gasteiger partial charge in [0.25, 0.3) is 5.91 Å². The number of hydrogen-bond donors (Lipinski definition) is 2. The number of benzene rings is 1. The summed E-state index contributed by atoms with van der Waals surface area (Å²) in [4.78, 5) is 23.6. The lowest BCUT2D eigenvalue weighted by Gasteiger charge is -2.12. The SMILES string of the molecule is O=C(COc1ccc(C2SCCS2)cc1)NNC(=O)[C@H]1CCS(=O)(=O)C1. The van der Waals surface area contributed by atoms with E-state index >= 15 is 0 Å². The topological polar surface area (TPSA) is 102 Å². The van der Waals surface area contributed by atoms with Crippen molar-refractivity contribution in [3.63, 3.8) is 0 Å². The van der Waals surface area contributed by atoms with Gasteiger partial charge in [0.15, 0.2) is 16.4 Å². The van der Waals surface area contributed by atoms with Crippen molar-refractivity contribution in [1.29, 1.82) is 0 Å². The normalized spacial score (nSPS) is 22.1. The molecule has 0 unspecified atom stereocenters. The average Bonchev–Trinajstić information content (AvgIpc) is 3.28. The van der Waals surface area contributed by atoms with Crippen LogP contribution in [0.4, 0.5) is 0 Å². The Labute approximate surface area is 160 Å². The van der Waals surface area contributed by atoms with Crippen LogP contribution in [-0.4, -0.2) is 49.9 Å². The summed E-state index contributed by atoms with van der Waals surface area (Å²) in [6.07, 6.45) is 0.282. The smallest absolute Gasteiger partial charge is 0.276 e. The summed E-state index contributed by atoms with van der Waals surface area (Å²) in [5.74, 6) is 1.12. The lowest BCUT2D eigenvalue weighted by Crippen LogP contribution is -2.46. The van der Waals surface area contributed by atoms with Gasteiger partial charge in [-0.15, -0.1) is 23.5 Å². The summed E-state index contributed by atoms with van der Waals surface area (Å²) in [6.45, 7) is -0.241. The van der Waals surface area contributed by atoms with Gasteiger partial charge in [-0.2, -0.15) is 0 Å². The number of hydrazine groups is 1. The third-order valence-corrected chi connectivity index (χ3v) is 8.94. The van der Waals surface area contributed by atoms with Crippen LogP contribution >= 0.6 is 23.5 Å². The zero-order valence-electron chi connectivity index (χ0n) is 14.0. The first-order valence-electron chi connectivity index (χ1n) is 8.18. The lowest BCUT2D eigenvalue weighted by molar-refractivity contribution is -0.131. The number of ether oxygens (including phenoxy) is 1. The van der Waals surface area contributed by atoms with E-state index in [9.17, 15) is 18.0 Å². The molecule has 10 heteroatoms. The van der Waals surface area contributed by atoms with Crippen molar-refractivity contribution in [2.45, 2.75) is 11.0 Å². The molecule has 0 radical (unpaired) electrons. The highest BCUT2D eigenvalue weighted by molar-refractivity contribution is 8.19. The molecule has 1 aromatic rings. The Morgan fingerprint density at radius 1 is 1.12 bits per heavy atom. The van der Waals surface area contributed by atoms with Crippen LogP contribution in [0.2, 0.25) is 0 Å². The molecule has 2 saturated heterocycles. The number of amides is 2. The molecule has 2 heterocycles. The van der Waals surface area contributed by atoms with E-state index in [0.29, 0.717) is 10.3 Å². The zero-order valence-corrected chi connectivity index (χ0v) is 16.4. The van der Waals surface area contributed by atoms with Crippen molar-refractivity contribution in [3.8, 4) is 5.75 Å². The maximum Gasteiger partial charge on any atom is 0.276 e. The molecule has 2 aliphatic rings. The van der Waals surface area contributed by atoms with E-state index in [1.165, 1.54) is 5.56 Å². The number of hydrogen-bond acceptors (Lipinski definition) is 7. The Hall–Kier alpha value is -1.39. The molecule has 0 bridgehead atoms. The second-order valence-corrected chi connectivity index (χ2v) is 11.0. The number of rotatable bonds is 5. The summed E-state index contributed by atoms with van der Waals surface area (Å²) in [6, 6.07) is 7.63. The number of sulfone groups is 1. The second-order valence-electron chi connectivity index (χ2n) is 6.07. The van der Waals surface area contributed by atoms with Crippen LogP contribution in [0.15, 0.2) is 24.3 Å². The predicted molar refractivity (Wildman–Crippen MR) is 103 cm³/mol. The van der Waals surface area contributed by atoms with Crippen molar-refractivity contribution in [2.24, 2.45) is 5.92 Å². The zero-order chi connectivity index (χ0) is 18.6. The van der Waals surface area contributed by atoms with Crippen LogP contribution in [0, 0.1) is 5.92 Å². The fourth-order valence-corrected chi connectivity index (χ4v) is 7.29. The summed E-state index contributed by atoms with van der Waals surface area (Å²) in [5, 5.41) is 0. The van der Waals surface area contributed by atoms with E-state index in [2.05, 4.69) is 10.9 Å². The van der Waals surface area contributed by atoms with Gasteiger partial charge in [0.05, 0.1) is 22.0 Å². The fourth-order valence-electron chi connectivity index (χ4n) is 2.69. The predicted octanol–water partition coefficient (Wildman–Crippen LogP) is 1.13. The van der Waals surface area contributed by atoms with E-state index in [1.807, 2.05) is 47.8 Å². The Bertz CT molecular complexity index is 761. The molecule has 7 nitrogen and oxygen atoms in total. The maximum absolute atomic E-state index is 11.8. The molecule has 2 N–H and O–H groups in total. The quantitative estimate of drug-likeness (QED) is 0.694. The highest BCUT2D eigenvalue weighted by Crippen LogP contribution is 2.45. The molecule has 26 heavy (non-hydrogen) atoms. The third kappa shape index (κ3) is 5.31. The molecule has 1 aromatic carbocycles. The number of carbonyl (C=O) groups excluding carboxylic acids is 2. The van der Waals surface area contributed by atoms with Crippen LogP contribution in [0.1, 0.15) is 16.6 Å². The molecule has 142 valence electrons. The van der Waals surface area contributed by atoms with E-state index in [1.54, 1.807) is 0 Å². The minimum atomic E-state index is -3.14. The van der Waals surface area contributed by atoms with Crippen LogP contribution < -0.4 is 15.6 Å². The first-order valence-corrected chi connectivity index (χ1v) is 12.1. The van der Waals surface area contributed by atoms with Crippen molar-refractivity contribution in [1.82, 2.24) is 10.9 Å². The van der Waals surface area contributed by atoms with Gasteiger partial charge in [0.2, 0.25) is 5.91 Å². The van der Waals surface area contributed by atoms with Crippen molar-refractivity contribution < 1.29 is 22.7 Å². The summed E-state index contributed by atoms with van der Waals surface area (Å²) >= 11 is 3.84. The minimum Gasteiger partial charge on any atom is -0.484 e. The molecule has 0 spiro atoms. The first-order chi connectivity index (χ1) is 12.4. The monoisotopic (exact) mass is 416 g/mol. The average molecular weight is 417 g/mol. The molecule has 0 saturated carbocycles. The van der Waals surface area contributed by atoms with Crippen LogP contribution in [-0.2, 0) is 19.4 Å². The van der Waals surface area contributed by atoms with Gasteiger partial charge >= 0.3 is 0 Å². The van der Waals surface area contributed by atoms with E-state index < -0.39 is 27.6 Å². The molecule has 3 rings (SSSR count). The molecular formula is C16H20N2O5S3. The molecule has 2 amide bonds. The number of thioether (sulfide) groups is 2. The summed E-state index contributed by atoms with van der Waals surface area (Å²) in [5.41, 5.74) is 5.73. The lowest BCUT2D eigenvalue weighted by atomic mass is 10.1. The highest BCUT2D eigenvalue weighted by atomic mass is 32.2. The van der Waals surface area contributed by atoms with Crippen molar-refractivity contribution in [2.75, 3.05) is 29.6 Å². The van der Waals surface area contributed by atoms with E-state index in [-0.39, 0.29) is 24.5 Å². The van der Waals surface area contributed by atoms with Crippen molar-refractivity contribution >= 4 is 45.2 Å². The summed E-state index contributed by atoms with van der Waals surface area (Å²) in [7, 11) is -3.14. The van der Waals surface area contributed by atoms with Gasteiger partial charge in [0.1, 0.15) is 5.75 Å². The van der Waals surface area contributed by atoms with E-state index in [0.717, 1.165) is 11.5 Å². The van der Waals surface area contributed by atoms with Gasteiger partial charge in [-0.25, -0.2) is 8.42 Å². The standard InChI is InChI=1S/C16H20N2O5S3/c19-14(17-18-15(20)12-5-8-26(21,22)10-12)9-23-13-3-1-11(2-4-13)16-24-6-7-25-16/h1-4,12,16H,5-10H2,(H,17,19)(H,18,20)/t12-/m0/s1. The van der Waals surface area contributed by atoms with Gasteiger partial charge in [-0.05, 0) is 24.1 Å². The molecule has 0 aliphatic carbocycles. The number of carbonyl (C=O) groups is 2. The minimum absolute atomic E-state index is 0.00993. The largest absolute Gasteiger partial charge is 0.484 e. The van der Waals surface area contributed by atoms with Gasteiger partial charge in [-0.3, -0.25) is 20.4 Å². The first kappa shape index (κ1) is 19.4. The Kier molecular flexibility index (Phi) is 6.36.